The molecule has 1 aromatic rings. The number of anilines is 1. The fourth-order valence-electron chi connectivity index (χ4n) is 0.933. The number of methoxy groups -OCH3 is 1. The number of halogens is 1. The standard InChI is InChI=1S/C9H12FNO2/c1-6-3-8(11)9(4-7(6)10)13-5-12-2/h3-4H,5,11H2,1-2H3. The summed E-state index contributed by atoms with van der Waals surface area (Å²) in [6.45, 7) is 1.71. The van der Waals surface area contributed by atoms with Crippen LogP contribution in [0.25, 0.3) is 0 Å². The van der Waals surface area contributed by atoms with Gasteiger partial charge in [-0.15, -0.1) is 0 Å². The molecule has 0 fully saturated rings. The van der Waals surface area contributed by atoms with E-state index >= 15 is 0 Å². The minimum atomic E-state index is -0.333. The number of ether oxygens (including phenoxy) is 2. The van der Waals surface area contributed by atoms with E-state index in [1.54, 1.807) is 6.92 Å². The molecule has 0 bridgehead atoms. The van der Waals surface area contributed by atoms with E-state index in [9.17, 15) is 4.39 Å². The van der Waals surface area contributed by atoms with Crippen molar-refractivity contribution < 1.29 is 13.9 Å². The molecule has 3 nitrogen and oxygen atoms in total. The van der Waals surface area contributed by atoms with Crippen molar-refractivity contribution in [3.05, 3.63) is 23.5 Å². The van der Waals surface area contributed by atoms with Crippen LogP contribution < -0.4 is 10.5 Å². The van der Waals surface area contributed by atoms with Crippen LogP contribution in [0.5, 0.6) is 5.75 Å². The number of benzene rings is 1. The topological polar surface area (TPSA) is 44.5 Å². The molecule has 0 aliphatic rings. The summed E-state index contributed by atoms with van der Waals surface area (Å²) in [7, 11) is 1.49. The van der Waals surface area contributed by atoms with E-state index < -0.39 is 0 Å². The first kappa shape index (κ1) is 9.80. The molecule has 13 heavy (non-hydrogen) atoms. The fourth-order valence-corrected chi connectivity index (χ4v) is 0.933. The molecule has 0 aromatic heterocycles. The van der Waals surface area contributed by atoms with Crippen LogP contribution in [-0.2, 0) is 4.74 Å². The number of nitrogen functional groups attached to an aromatic ring is 1. The Morgan fingerprint density at radius 1 is 1.46 bits per heavy atom. The van der Waals surface area contributed by atoms with Crippen molar-refractivity contribution in [2.24, 2.45) is 0 Å². The molecule has 0 amide bonds. The smallest absolute Gasteiger partial charge is 0.188 e. The molecule has 72 valence electrons. The summed E-state index contributed by atoms with van der Waals surface area (Å²) >= 11 is 0. The molecular weight excluding hydrogens is 173 g/mol. The lowest BCUT2D eigenvalue weighted by Crippen LogP contribution is -2.02. The van der Waals surface area contributed by atoms with Gasteiger partial charge in [-0.3, -0.25) is 0 Å². The molecule has 0 unspecified atom stereocenters. The summed E-state index contributed by atoms with van der Waals surface area (Å²) in [5.41, 5.74) is 6.50. The predicted molar refractivity (Wildman–Crippen MR) is 48.1 cm³/mol. The molecule has 0 saturated heterocycles. The van der Waals surface area contributed by atoms with Crippen molar-refractivity contribution >= 4 is 5.69 Å². The van der Waals surface area contributed by atoms with Crippen molar-refractivity contribution in [2.75, 3.05) is 19.6 Å². The Kier molecular flexibility index (Phi) is 3.08. The highest BCUT2D eigenvalue weighted by Crippen LogP contribution is 2.24. The largest absolute Gasteiger partial charge is 0.465 e. The lowest BCUT2D eigenvalue weighted by molar-refractivity contribution is 0.0514. The maximum Gasteiger partial charge on any atom is 0.188 e. The molecule has 0 atom stereocenters. The number of nitrogens with two attached hydrogens (primary N) is 1. The summed E-state index contributed by atoms with van der Waals surface area (Å²) < 4.78 is 22.7. The van der Waals surface area contributed by atoms with Gasteiger partial charge in [0, 0.05) is 13.2 Å². The van der Waals surface area contributed by atoms with Gasteiger partial charge in [0.2, 0.25) is 0 Å². The van der Waals surface area contributed by atoms with Gasteiger partial charge in [-0.1, -0.05) is 0 Å². The first-order valence-corrected chi connectivity index (χ1v) is 3.82. The summed E-state index contributed by atoms with van der Waals surface area (Å²) in [5, 5.41) is 0. The van der Waals surface area contributed by atoms with Crippen LogP contribution in [0.2, 0.25) is 0 Å². The number of aryl methyl sites for hydroxylation is 1. The highest BCUT2D eigenvalue weighted by molar-refractivity contribution is 5.54. The van der Waals surface area contributed by atoms with Crippen LogP contribution >= 0.6 is 0 Å². The van der Waals surface area contributed by atoms with Crippen LogP contribution in [-0.4, -0.2) is 13.9 Å². The minimum Gasteiger partial charge on any atom is -0.465 e. The Morgan fingerprint density at radius 3 is 2.77 bits per heavy atom. The van der Waals surface area contributed by atoms with Crippen molar-refractivity contribution in [3.8, 4) is 5.75 Å². The molecular formula is C9H12FNO2. The van der Waals surface area contributed by atoms with E-state index in [0.29, 0.717) is 17.0 Å². The second-order valence-electron chi connectivity index (χ2n) is 2.69. The normalized spacial score (nSPS) is 10.1. The maximum absolute atomic E-state index is 13.0. The van der Waals surface area contributed by atoms with Gasteiger partial charge in [0.05, 0.1) is 5.69 Å². The highest BCUT2D eigenvalue weighted by atomic mass is 19.1. The summed E-state index contributed by atoms with van der Waals surface area (Å²) in [4.78, 5) is 0. The van der Waals surface area contributed by atoms with Gasteiger partial charge in [-0.2, -0.15) is 0 Å². The third kappa shape index (κ3) is 2.32. The molecule has 0 saturated carbocycles. The van der Waals surface area contributed by atoms with E-state index in [1.165, 1.54) is 19.2 Å². The third-order valence-electron chi connectivity index (χ3n) is 1.62. The van der Waals surface area contributed by atoms with Crippen LogP contribution in [0.4, 0.5) is 10.1 Å². The van der Waals surface area contributed by atoms with Gasteiger partial charge >= 0.3 is 0 Å². The average molecular weight is 185 g/mol. The Hall–Kier alpha value is -1.29. The minimum absolute atomic E-state index is 0.0622. The zero-order chi connectivity index (χ0) is 9.84. The molecule has 0 spiro atoms. The van der Waals surface area contributed by atoms with E-state index in [-0.39, 0.29) is 12.6 Å². The summed E-state index contributed by atoms with van der Waals surface area (Å²) in [5.74, 6) is -0.0229. The van der Waals surface area contributed by atoms with Crippen molar-refractivity contribution in [1.82, 2.24) is 0 Å². The molecule has 4 heteroatoms. The first-order valence-electron chi connectivity index (χ1n) is 3.82. The quantitative estimate of drug-likeness (QED) is 0.575. The van der Waals surface area contributed by atoms with Gasteiger partial charge in [0.25, 0.3) is 0 Å². The van der Waals surface area contributed by atoms with Crippen LogP contribution in [0.3, 0.4) is 0 Å². The Labute approximate surface area is 76.3 Å². The second kappa shape index (κ2) is 4.09. The second-order valence-corrected chi connectivity index (χ2v) is 2.69. The number of hydrogen-bond donors (Lipinski definition) is 1. The van der Waals surface area contributed by atoms with E-state index in [0.717, 1.165) is 0 Å². The van der Waals surface area contributed by atoms with E-state index in [2.05, 4.69) is 4.74 Å². The fraction of sp³-hybridized carbons (Fsp3) is 0.333. The van der Waals surface area contributed by atoms with Gasteiger partial charge in [-0.25, -0.2) is 4.39 Å². The van der Waals surface area contributed by atoms with Crippen LogP contribution in [0.1, 0.15) is 5.56 Å². The van der Waals surface area contributed by atoms with Crippen molar-refractivity contribution in [1.29, 1.82) is 0 Å². The van der Waals surface area contributed by atoms with Crippen molar-refractivity contribution in [3.63, 3.8) is 0 Å². The molecule has 0 radical (unpaired) electrons. The Balaban J connectivity index is 2.88. The molecule has 1 aromatic carbocycles. The Morgan fingerprint density at radius 2 is 2.15 bits per heavy atom. The highest BCUT2D eigenvalue weighted by Gasteiger charge is 2.05. The lowest BCUT2D eigenvalue weighted by atomic mass is 10.2. The van der Waals surface area contributed by atoms with E-state index in [1.807, 2.05) is 0 Å². The van der Waals surface area contributed by atoms with Gasteiger partial charge in [0.1, 0.15) is 11.6 Å². The Bertz CT molecular complexity index is 302. The summed E-state index contributed by atoms with van der Waals surface area (Å²) in [6, 6.07) is 2.78. The first-order chi connectivity index (χ1) is 6.15. The molecule has 0 aliphatic carbocycles. The van der Waals surface area contributed by atoms with Gasteiger partial charge in [-0.05, 0) is 18.6 Å². The molecule has 2 N–H and O–H groups in total. The molecule has 1 rings (SSSR count). The van der Waals surface area contributed by atoms with Crippen LogP contribution in [0, 0.1) is 12.7 Å². The SMILES string of the molecule is COCOc1cc(F)c(C)cc1N. The van der Waals surface area contributed by atoms with E-state index in [4.69, 9.17) is 10.5 Å². The molecule has 0 aliphatic heterocycles. The van der Waals surface area contributed by atoms with Gasteiger partial charge < -0.3 is 15.2 Å². The average Bonchev–Trinajstić information content (AvgIpc) is 2.09. The number of rotatable bonds is 3. The zero-order valence-corrected chi connectivity index (χ0v) is 7.63. The van der Waals surface area contributed by atoms with Crippen LogP contribution in [0.15, 0.2) is 12.1 Å². The maximum atomic E-state index is 13.0. The number of hydrogen-bond acceptors (Lipinski definition) is 3. The monoisotopic (exact) mass is 185 g/mol. The molecule has 0 heterocycles. The lowest BCUT2D eigenvalue weighted by Gasteiger charge is -2.08. The zero-order valence-electron chi connectivity index (χ0n) is 7.63. The predicted octanol–water partition coefficient (Wildman–Crippen LogP) is 1.70. The summed E-state index contributed by atoms with van der Waals surface area (Å²) in [6.07, 6.45) is 0. The third-order valence-corrected chi connectivity index (χ3v) is 1.62. The van der Waals surface area contributed by atoms with Gasteiger partial charge in [0.15, 0.2) is 6.79 Å². The van der Waals surface area contributed by atoms with Crippen molar-refractivity contribution in [2.45, 2.75) is 6.92 Å².